The standard InChI is InChI=1S/C20H20N4O4/c25-20(21-10-13-1-3-16-17(9-13)28-12-27-16)15-2-4-18-22-23-19(24(18)11-15)14-5-7-26-8-6-14/h1-4,9,11,14H,5-8,10,12H2,(H,21,25). The van der Waals surface area contributed by atoms with E-state index in [2.05, 4.69) is 15.5 Å². The molecule has 5 rings (SSSR count). The average Bonchev–Trinajstić information content (AvgIpc) is 3.38. The topological polar surface area (TPSA) is 87.0 Å². The molecule has 0 spiro atoms. The molecule has 0 saturated carbocycles. The lowest BCUT2D eigenvalue weighted by Gasteiger charge is -2.20. The van der Waals surface area contributed by atoms with E-state index in [1.54, 1.807) is 6.07 Å². The molecule has 2 aromatic heterocycles. The molecule has 2 aliphatic heterocycles. The fraction of sp³-hybridized carbons (Fsp3) is 0.350. The first-order chi connectivity index (χ1) is 13.8. The molecule has 0 aliphatic carbocycles. The van der Waals surface area contributed by atoms with Gasteiger partial charge in [0.2, 0.25) is 6.79 Å². The van der Waals surface area contributed by atoms with E-state index >= 15 is 0 Å². The third-order valence-electron chi connectivity index (χ3n) is 5.17. The Labute approximate surface area is 161 Å². The molecule has 1 saturated heterocycles. The number of carbonyl (C=O) groups is 1. The Morgan fingerprint density at radius 1 is 1.11 bits per heavy atom. The number of hydrogen-bond donors (Lipinski definition) is 1. The Morgan fingerprint density at radius 2 is 1.96 bits per heavy atom. The molecular formula is C20H20N4O4. The summed E-state index contributed by atoms with van der Waals surface area (Å²) in [5, 5.41) is 11.5. The fourth-order valence-corrected chi connectivity index (χ4v) is 3.61. The minimum atomic E-state index is -0.147. The zero-order chi connectivity index (χ0) is 18.9. The number of benzene rings is 1. The van der Waals surface area contributed by atoms with Crippen LogP contribution in [0.3, 0.4) is 0 Å². The average molecular weight is 380 g/mol. The van der Waals surface area contributed by atoms with E-state index in [0.717, 1.165) is 48.8 Å². The maximum atomic E-state index is 12.7. The lowest BCUT2D eigenvalue weighted by Crippen LogP contribution is -2.23. The smallest absolute Gasteiger partial charge is 0.253 e. The van der Waals surface area contributed by atoms with Gasteiger partial charge in [0.25, 0.3) is 5.91 Å². The second-order valence-corrected chi connectivity index (χ2v) is 6.96. The molecule has 0 radical (unpaired) electrons. The van der Waals surface area contributed by atoms with Gasteiger partial charge in [-0.1, -0.05) is 6.07 Å². The van der Waals surface area contributed by atoms with Crippen LogP contribution in [0.5, 0.6) is 11.5 Å². The molecule has 28 heavy (non-hydrogen) atoms. The highest BCUT2D eigenvalue weighted by Gasteiger charge is 2.22. The monoisotopic (exact) mass is 380 g/mol. The molecule has 3 aromatic rings. The Hall–Kier alpha value is -3.13. The van der Waals surface area contributed by atoms with Crippen molar-refractivity contribution in [3.63, 3.8) is 0 Å². The van der Waals surface area contributed by atoms with Crippen molar-refractivity contribution >= 4 is 11.6 Å². The van der Waals surface area contributed by atoms with Gasteiger partial charge in [0, 0.05) is 31.9 Å². The molecule has 1 fully saturated rings. The number of pyridine rings is 1. The minimum absolute atomic E-state index is 0.147. The summed E-state index contributed by atoms with van der Waals surface area (Å²) in [6, 6.07) is 9.25. The molecule has 0 atom stereocenters. The van der Waals surface area contributed by atoms with E-state index in [1.807, 2.05) is 34.9 Å². The number of carbonyl (C=O) groups excluding carboxylic acids is 1. The molecule has 1 N–H and O–H groups in total. The lowest BCUT2D eigenvalue weighted by atomic mass is 9.99. The van der Waals surface area contributed by atoms with Crippen molar-refractivity contribution in [2.24, 2.45) is 0 Å². The van der Waals surface area contributed by atoms with Crippen LogP contribution in [-0.4, -0.2) is 40.5 Å². The number of nitrogens with one attached hydrogen (secondary N) is 1. The molecule has 0 bridgehead atoms. The second kappa shape index (κ2) is 7.12. The molecule has 1 amide bonds. The Bertz CT molecular complexity index is 1030. The van der Waals surface area contributed by atoms with E-state index < -0.39 is 0 Å². The first kappa shape index (κ1) is 17.0. The maximum Gasteiger partial charge on any atom is 0.253 e. The Morgan fingerprint density at radius 3 is 2.86 bits per heavy atom. The number of hydrogen-bond acceptors (Lipinski definition) is 6. The zero-order valence-corrected chi connectivity index (χ0v) is 15.3. The summed E-state index contributed by atoms with van der Waals surface area (Å²) < 4.78 is 18.0. The Balaban J connectivity index is 1.33. The van der Waals surface area contributed by atoms with Crippen molar-refractivity contribution < 1.29 is 19.0 Å². The van der Waals surface area contributed by atoms with E-state index in [9.17, 15) is 4.79 Å². The van der Waals surface area contributed by atoms with Gasteiger partial charge in [0.15, 0.2) is 17.1 Å². The third-order valence-corrected chi connectivity index (χ3v) is 5.17. The van der Waals surface area contributed by atoms with Crippen LogP contribution in [-0.2, 0) is 11.3 Å². The largest absolute Gasteiger partial charge is 0.454 e. The van der Waals surface area contributed by atoms with Gasteiger partial charge in [-0.2, -0.15) is 0 Å². The normalized spacial score (nSPS) is 16.4. The number of fused-ring (bicyclic) bond motifs is 2. The van der Waals surface area contributed by atoms with Crippen LogP contribution in [0.25, 0.3) is 5.65 Å². The van der Waals surface area contributed by atoms with Crippen LogP contribution in [0.2, 0.25) is 0 Å². The summed E-state index contributed by atoms with van der Waals surface area (Å²) in [7, 11) is 0. The lowest BCUT2D eigenvalue weighted by molar-refractivity contribution is 0.0833. The molecule has 8 heteroatoms. The van der Waals surface area contributed by atoms with Crippen molar-refractivity contribution in [2.45, 2.75) is 25.3 Å². The minimum Gasteiger partial charge on any atom is -0.454 e. The van der Waals surface area contributed by atoms with Crippen LogP contribution >= 0.6 is 0 Å². The summed E-state index contributed by atoms with van der Waals surface area (Å²) in [6.07, 6.45) is 3.65. The number of nitrogens with zero attached hydrogens (tertiary/aromatic N) is 3. The number of ether oxygens (including phenoxy) is 3. The van der Waals surface area contributed by atoms with Gasteiger partial charge < -0.3 is 19.5 Å². The SMILES string of the molecule is O=C(NCc1ccc2c(c1)OCO2)c1ccc2nnc(C3CCOCC3)n2c1. The summed E-state index contributed by atoms with van der Waals surface area (Å²) in [5.74, 6) is 2.48. The molecule has 144 valence electrons. The van der Waals surface area contributed by atoms with E-state index in [1.165, 1.54) is 0 Å². The molecule has 2 aliphatic rings. The van der Waals surface area contributed by atoms with Gasteiger partial charge in [-0.25, -0.2) is 0 Å². The predicted molar refractivity (Wildman–Crippen MR) is 99.5 cm³/mol. The van der Waals surface area contributed by atoms with Gasteiger partial charge in [-0.05, 0) is 42.7 Å². The number of aromatic nitrogens is 3. The zero-order valence-electron chi connectivity index (χ0n) is 15.3. The summed E-state index contributed by atoms with van der Waals surface area (Å²) in [4.78, 5) is 12.7. The van der Waals surface area contributed by atoms with Crippen molar-refractivity contribution in [1.29, 1.82) is 0 Å². The maximum absolute atomic E-state index is 12.7. The van der Waals surface area contributed by atoms with Gasteiger partial charge >= 0.3 is 0 Å². The molecule has 8 nitrogen and oxygen atoms in total. The second-order valence-electron chi connectivity index (χ2n) is 6.96. The van der Waals surface area contributed by atoms with Gasteiger partial charge in [-0.3, -0.25) is 9.20 Å². The highest BCUT2D eigenvalue weighted by molar-refractivity contribution is 5.94. The molecular weight excluding hydrogens is 360 g/mol. The molecule has 1 aromatic carbocycles. The van der Waals surface area contributed by atoms with Crippen LogP contribution in [0.15, 0.2) is 36.5 Å². The highest BCUT2D eigenvalue weighted by atomic mass is 16.7. The van der Waals surface area contributed by atoms with Gasteiger partial charge in [0.05, 0.1) is 5.56 Å². The van der Waals surface area contributed by atoms with Crippen molar-refractivity contribution in [2.75, 3.05) is 20.0 Å². The van der Waals surface area contributed by atoms with Crippen molar-refractivity contribution in [3.8, 4) is 11.5 Å². The number of rotatable bonds is 4. The van der Waals surface area contributed by atoms with E-state index in [-0.39, 0.29) is 12.7 Å². The van der Waals surface area contributed by atoms with Crippen molar-refractivity contribution in [1.82, 2.24) is 19.9 Å². The fourth-order valence-electron chi connectivity index (χ4n) is 3.61. The number of amides is 1. The van der Waals surface area contributed by atoms with Crippen LogP contribution in [0.4, 0.5) is 0 Å². The Kier molecular flexibility index (Phi) is 4.32. The first-order valence-corrected chi connectivity index (χ1v) is 9.37. The quantitative estimate of drug-likeness (QED) is 0.747. The summed E-state index contributed by atoms with van der Waals surface area (Å²) >= 11 is 0. The van der Waals surface area contributed by atoms with E-state index in [0.29, 0.717) is 23.8 Å². The first-order valence-electron chi connectivity index (χ1n) is 9.37. The molecule has 0 unspecified atom stereocenters. The van der Waals surface area contributed by atoms with Crippen LogP contribution in [0.1, 0.15) is 40.5 Å². The summed E-state index contributed by atoms with van der Waals surface area (Å²) in [5.41, 5.74) is 2.26. The van der Waals surface area contributed by atoms with Crippen LogP contribution in [0, 0.1) is 0 Å². The van der Waals surface area contributed by atoms with Gasteiger partial charge in [-0.15, -0.1) is 10.2 Å². The predicted octanol–water partition coefficient (Wildman–Crippen LogP) is 2.28. The van der Waals surface area contributed by atoms with E-state index in [4.69, 9.17) is 14.2 Å². The van der Waals surface area contributed by atoms with Crippen LogP contribution < -0.4 is 14.8 Å². The molecule has 4 heterocycles. The highest BCUT2D eigenvalue weighted by Crippen LogP contribution is 2.32. The van der Waals surface area contributed by atoms with Gasteiger partial charge in [0.1, 0.15) is 5.82 Å². The third kappa shape index (κ3) is 3.16. The van der Waals surface area contributed by atoms with Crippen molar-refractivity contribution in [3.05, 3.63) is 53.5 Å². The summed E-state index contributed by atoms with van der Waals surface area (Å²) in [6.45, 7) is 2.10.